The van der Waals surface area contributed by atoms with E-state index in [9.17, 15) is 4.79 Å². The molecule has 2 N–H and O–H groups in total. The third kappa shape index (κ3) is 4.00. The van der Waals surface area contributed by atoms with Gasteiger partial charge in [0, 0.05) is 10.0 Å². The maximum absolute atomic E-state index is 12.6. The van der Waals surface area contributed by atoms with Crippen molar-refractivity contribution in [1.29, 1.82) is 0 Å². The molecule has 134 valence electrons. The molecule has 5 nitrogen and oxygen atoms in total. The van der Waals surface area contributed by atoms with Crippen molar-refractivity contribution in [2.24, 2.45) is 0 Å². The lowest BCUT2D eigenvalue weighted by Crippen LogP contribution is -2.30. The number of rotatable bonds is 5. The summed E-state index contributed by atoms with van der Waals surface area (Å²) >= 11 is 11.9. The first-order chi connectivity index (χ1) is 12.5. The van der Waals surface area contributed by atoms with Gasteiger partial charge in [-0.1, -0.05) is 43.1 Å². The summed E-state index contributed by atoms with van der Waals surface area (Å²) in [6, 6.07) is 14.4. The molecular formula is C19H18Cl2N4O. The van der Waals surface area contributed by atoms with Gasteiger partial charge in [-0.2, -0.15) is 5.10 Å². The van der Waals surface area contributed by atoms with Crippen LogP contribution in [0.15, 0.2) is 54.7 Å². The van der Waals surface area contributed by atoms with Gasteiger partial charge in [0.1, 0.15) is 0 Å². The number of hydrogen-bond acceptors (Lipinski definition) is 3. The Kier molecular flexibility index (Phi) is 5.49. The lowest BCUT2D eigenvalue weighted by atomic mass is 10.1. The highest BCUT2D eigenvalue weighted by Crippen LogP contribution is 2.24. The number of aromatic nitrogens is 2. The van der Waals surface area contributed by atoms with E-state index in [4.69, 9.17) is 23.2 Å². The van der Waals surface area contributed by atoms with Crippen molar-refractivity contribution in [3.63, 3.8) is 0 Å². The van der Waals surface area contributed by atoms with Crippen molar-refractivity contribution in [2.45, 2.75) is 19.8 Å². The molecule has 0 atom stereocenters. The fourth-order valence-electron chi connectivity index (χ4n) is 2.64. The highest BCUT2D eigenvalue weighted by atomic mass is 35.5. The molecule has 0 saturated heterocycles. The summed E-state index contributed by atoms with van der Waals surface area (Å²) in [6.45, 7) is 4.04. The lowest BCUT2D eigenvalue weighted by molar-refractivity contribution is 0.0961. The van der Waals surface area contributed by atoms with Crippen LogP contribution in [0.5, 0.6) is 0 Å². The van der Waals surface area contributed by atoms with Gasteiger partial charge in [0.15, 0.2) is 0 Å². The molecule has 0 aliphatic carbocycles. The molecule has 0 unspecified atom stereocenters. The minimum atomic E-state index is -0.270. The fraction of sp³-hybridized carbons (Fsp3) is 0.158. The van der Waals surface area contributed by atoms with Gasteiger partial charge in [-0.3, -0.25) is 15.6 Å². The molecule has 3 aromatic rings. The Morgan fingerprint density at radius 1 is 1.08 bits per heavy atom. The van der Waals surface area contributed by atoms with E-state index in [2.05, 4.69) is 16.0 Å². The van der Waals surface area contributed by atoms with Crippen LogP contribution in [0.2, 0.25) is 10.0 Å². The zero-order valence-electron chi connectivity index (χ0n) is 14.3. The molecule has 0 radical (unpaired) electrons. The Hall–Kier alpha value is -2.50. The van der Waals surface area contributed by atoms with Crippen LogP contribution in [0.25, 0.3) is 5.69 Å². The molecule has 7 heteroatoms. The van der Waals surface area contributed by atoms with Gasteiger partial charge < -0.3 is 0 Å². The van der Waals surface area contributed by atoms with E-state index >= 15 is 0 Å². The molecule has 1 aromatic heterocycles. The van der Waals surface area contributed by atoms with Crippen LogP contribution < -0.4 is 10.9 Å². The number of nitrogens with one attached hydrogen (secondary N) is 2. The first kappa shape index (κ1) is 18.3. The molecular weight excluding hydrogens is 371 g/mol. The molecule has 0 fully saturated rings. The van der Waals surface area contributed by atoms with Crippen LogP contribution in [-0.2, 0) is 0 Å². The summed E-state index contributed by atoms with van der Waals surface area (Å²) in [4.78, 5) is 12.6. The molecule has 1 amide bonds. The molecule has 0 aliphatic rings. The molecule has 26 heavy (non-hydrogen) atoms. The van der Waals surface area contributed by atoms with E-state index in [0.29, 0.717) is 21.3 Å². The Morgan fingerprint density at radius 2 is 1.81 bits per heavy atom. The van der Waals surface area contributed by atoms with Crippen LogP contribution in [-0.4, -0.2) is 15.7 Å². The maximum atomic E-state index is 12.6. The van der Waals surface area contributed by atoms with Crippen molar-refractivity contribution in [3.8, 4) is 5.69 Å². The lowest BCUT2D eigenvalue weighted by Gasteiger charge is -2.14. The summed E-state index contributed by atoms with van der Waals surface area (Å²) < 4.78 is 1.76. The molecule has 0 aliphatic heterocycles. The van der Waals surface area contributed by atoms with Gasteiger partial charge in [-0.05, 0) is 48.4 Å². The molecule has 0 saturated carbocycles. The first-order valence-corrected chi connectivity index (χ1v) is 8.87. The van der Waals surface area contributed by atoms with Crippen LogP contribution in [0.1, 0.15) is 35.8 Å². The number of amides is 1. The Morgan fingerprint density at radius 3 is 2.46 bits per heavy atom. The summed E-state index contributed by atoms with van der Waals surface area (Å²) in [5.41, 5.74) is 8.42. The summed E-state index contributed by atoms with van der Waals surface area (Å²) in [7, 11) is 0. The van der Waals surface area contributed by atoms with Crippen LogP contribution in [0, 0.1) is 0 Å². The second-order valence-electron chi connectivity index (χ2n) is 6.08. The van der Waals surface area contributed by atoms with Crippen LogP contribution in [0.3, 0.4) is 0 Å². The zero-order valence-corrected chi connectivity index (χ0v) is 15.8. The molecule has 0 spiro atoms. The third-order valence-electron chi connectivity index (χ3n) is 3.81. The minimum Gasteiger partial charge on any atom is -0.298 e. The highest BCUT2D eigenvalue weighted by molar-refractivity contribution is 6.31. The summed E-state index contributed by atoms with van der Waals surface area (Å²) in [6.07, 6.45) is 1.57. The number of carbonyl (C=O) groups is 1. The van der Waals surface area contributed by atoms with Crippen molar-refractivity contribution in [3.05, 3.63) is 76.0 Å². The summed E-state index contributed by atoms with van der Waals surface area (Å²) in [5, 5.41) is 5.63. The number of carbonyl (C=O) groups excluding carboxylic acids is 1. The second-order valence-corrected chi connectivity index (χ2v) is 6.95. The van der Waals surface area contributed by atoms with Crippen LogP contribution in [0.4, 0.5) is 5.69 Å². The number of nitrogens with zero attached hydrogens (tertiary/aromatic N) is 2. The number of halogens is 2. The van der Waals surface area contributed by atoms with Gasteiger partial charge in [-0.25, -0.2) is 4.68 Å². The van der Waals surface area contributed by atoms with Gasteiger partial charge in [0.05, 0.1) is 28.8 Å². The Labute approximate surface area is 161 Å². The number of anilines is 1. The topological polar surface area (TPSA) is 59.0 Å². The predicted octanol–water partition coefficient (Wildman–Crippen LogP) is 5.06. The molecule has 2 aromatic carbocycles. The van der Waals surface area contributed by atoms with E-state index in [-0.39, 0.29) is 11.8 Å². The van der Waals surface area contributed by atoms with Crippen molar-refractivity contribution in [2.75, 3.05) is 5.43 Å². The average molecular weight is 389 g/mol. The number of hydrazine groups is 1. The molecule has 3 rings (SSSR count). The fourth-order valence-corrected chi connectivity index (χ4v) is 2.96. The zero-order chi connectivity index (χ0) is 18.7. The quantitative estimate of drug-likeness (QED) is 0.600. The van der Waals surface area contributed by atoms with Crippen molar-refractivity contribution >= 4 is 34.8 Å². The number of hydrogen-bond donors (Lipinski definition) is 2. The standard InChI is InChI=1S/C19H18Cl2N4O/c1-12(2)18-17(11-22-25(18)16-8-6-13(20)7-9-16)19(26)24-23-15-5-3-4-14(21)10-15/h3-12,23H,1-2H3,(H,24,26). The predicted molar refractivity (Wildman–Crippen MR) is 105 cm³/mol. The normalized spacial score (nSPS) is 10.8. The van der Waals surface area contributed by atoms with Crippen LogP contribution >= 0.6 is 23.2 Å². The van der Waals surface area contributed by atoms with Gasteiger partial charge in [0.25, 0.3) is 5.91 Å². The van der Waals surface area contributed by atoms with E-state index in [1.54, 1.807) is 41.2 Å². The maximum Gasteiger partial charge on any atom is 0.273 e. The van der Waals surface area contributed by atoms with E-state index in [1.165, 1.54) is 0 Å². The average Bonchev–Trinajstić information content (AvgIpc) is 3.06. The van der Waals surface area contributed by atoms with Gasteiger partial charge in [-0.15, -0.1) is 0 Å². The minimum absolute atomic E-state index is 0.0973. The third-order valence-corrected chi connectivity index (χ3v) is 4.30. The largest absolute Gasteiger partial charge is 0.298 e. The SMILES string of the molecule is CC(C)c1c(C(=O)NNc2cccc(Cl)c2)cnn1-c1ccc(Cl)cc1. The summed E-state index contributed by atoms with van der Waals surface area (Å²) in [5.74, 6) is -0.172. The van der Waals surface area contributed by atoms with E-state index in [0.717, 1.165) is 11.4 Å². The van der Waals surface area contributed by atoms with E-state index in [1.807, 2.05) is 32.0 Å². The second kappa shape index (κ2) is 7.81. The highest BCUT2D eigenvalue weighted by Gasteiger charge is 2.20. The van der Waals surface area contributed by atoms with Gasteiger partial charge >= 0.3 is 0 Å². The smallest absolute Gasteiger partial charge is 0.273 e. The molecule has 1 heterocycles. The van der Waals surface area contributed by atoms with Crippen molar-refractivity contribution < 1.29 is 4.79 Å². The van der Waals surface area contributed by atoms with Gasteiger partial charge in [0.2, 0.25) is 0 Å². The number of benzene rings is 2. The molecule has 0 bridgehead atoms. The first-order valence-electron chi connectivity index (χ1n) is 8.11. The Bertz CT molecular complexity index is 920. The van der Waals surface area contributed by atoms with E-state index < -0.39 is 0 Å². The Balaban J connectivity index is 1.85. The monoisotopic (exact) mass is 388 g/mol. The van der Waals surface area contributed by atoms with Crippen molar-refractivity contribution in [1.82, 2.24) is 15.2 Å².